The molecular weight excluding hydrogens is 476 g/mol. The molecule has 2 atom stereocenters. The molecule has 5 rings (SSSR count). The number of rotatable bonds is 5. The molecule has 0 aliphatic carbocycles. The Morgan fingerprint density at radius 1 is 0.816 bits per heavy atom. The fraction of sp³-hybridized carbons (Fsp3) is 0.258. The van der Waals surface area contributed by atoms with Gasteiger partial charge in [-0.3, -0.25) is 14.7 Å². The van der Waals surface area contributed by atoms with E-state index in [9.17, 15) is 14.7 Å². The Morgan fingerprint density at radius 3 is 2.08 bits per heavy atom. The average molecular weight is 509 g/mol. The van der Waals surface area contributed by atoms with Crippen LogP contribution in [-0.4, -0.2) is 26.5 Å². The van der Waals surface area contributed by atoms with Gasteiger partial charge in [0.25, 0.3) is 11.5 Å². The first-order valence-electron chi connectivity index (χ1n) is 12.7. The zero-order chi connectivity index (χ0) is 27.3. The highest BCUT2D eigenvalue weighted by Crippen LogP contribution is 2.39. The molecule has 7 nitrogen and oxygen atoms in total. The van der Waals surface area contributed by atoms with Crippen molar-refractivity contribution in [3.63, 3.8) is 0 Å². The summed E-state index contributed by atoms with van der Waals surface area (Å²) in [7, 11) is 0. The predicted molar refractivity (Wildman–Crippen MR) is 151 cm³/mol. The molecule has 7 heteroatoms. The maximum absolute atomic E-state index is 14.0. The summed E-state index contributed by atoms with van der Waals surface area (Å²) in [4.78, 5) is 28.0. The number of phenolic OH excluding ortho intramolecular Hbond substituents is 1. The van der Waals surface area contributed by atoms with Crippen LogP contribution in [0.1, 0.15) is 51.9 Å². The quantitative estimate of drug-likeness (QED) is 0.369. The van der Waals surface area contributed by atoms with Crippen LogP contribution in [0.5, 0.6) is 5.75 Å². The van der Waals surface area contributed by atoms with E-state index in [-0.39, 0.29) is 17.2 Å². The molecule has 38 heavy (non-hydrogen) atoms. The number of carbonyl (C=O) groups is 1. The van der Waals surface area contributed by atoms with E-state index >= 15 is 0 Å². The number of amides is 1. The Balaban J connectivity index is 1.66. The normalized spacial score (nSPS) is 16.2. The van der Waals surface area contributed by atoms with Crippen LogP contribution in [0.25, 0.3) is 5.69 Å². The number of carbonyl (C=O) groups excluding carboxylic acids is 1. The lowest BCUT2D eigenvalue weighted by molar-refractivity contribution is -0.120. The van der Waals surface area contributed by atoms with E-state index in [1.54, 1.807) is 18.2 Å². The Morgan fingerprint density at radius 2 is 1.45 bits per heavy atom. The van der Waals surface area contributed by atoms with Gasteiger partial charge in [-0.15, -0.1) is 0 Å². The van der Waals surface area contributed by atoms with E-state index in [1.807, 2.05) is 84.0 Å². The van der Waals surface area contributed by atoms with Crippen LogP contribution in [0.3, 0.4) is 0 Å². The average Bonchev–Trinajstić information content (AvgIpc) is 3.33. The zero-order valence-corrected chi connectivity index (χ0v) is 22.5. The highest BCUT2D eigenvalue weighted by atomic mass is 16.3. The van der Waals surface area contributed by atoms with Gasteiger partial charge < -0.3 is 5.11 Å². The Hall–Kier alpha value is -4.39. The molecule has 0 spiro atoms. The molecule has 1 aromatic heterocycles. The molecular formula is C31H32N4O3. The largest absolute Gasteiger partial charge is 0.508 e. The minimum absolute atomic E-state index is 0.0706. The highest BCUT2D eigenvalue weighted by Gasteiger charge is 2.43. The summed E-state index contributed by atoms with van der Waals surface area (Å²) in [5, 5.41) is 19.6. The fourth-order valence-corrected chi connectivity index (χ4v) is 5.22. The summed E-state index contributed by atoms with van der Waals surface area (Å²) in [6.07, 6.45) is 0. The molecule has 0 saturated carbocycles. The number of benzene rings is 3. The van der Waals surface area contributed by atoms with Crippen molar-refractivity contribution in [3.05, 3.63) is 110 Å². The van der Waals surface area contributed by atoms with E-state index in [1.165, 1.54) is 9.69 Å². The molecule has 0 saturated heterocycles. The predicted octanol–water partition coefficient (Wildman–Crippen LogP) is 5.58. The molecule has 1 aliphatic rings. The number of aromatic nitrogens is 2. The van der Waals surface area contributed by atoms with Crippen LogP contribution in [0, 0.1) is 40.5 Å². The SMILES string of the molecule is CC1=NN(c2ccc(C)c(C)c2)C(=O)[C@@H]1[C@H](c1cccc(O)c1)c1c(C)[nH]n(-c2ccc(C)c(C)c2)c1=O. The number of aromatic amines is 1. The minimum Gasteiger partial charge on any atom is -0.508 e. The Bertz CT molecular complexity index is 1660. The van der Waals surface area contributed by atoms with Gasteiger partial charge in [0, 0.05) is 22.9 Å². The number of aromatic hydroxyl groups is 1. The first-order chi connectivity index (χ1) is 18.1. The van der Waals surface area contributed by atoms with E-state index in [0.717, 1.165) is 27.9 Å². The first-order valence-corrected chi connectivity index (χ1v) is 12.7. The van der Waals surface area contributed by atoms with E-state index in [4.69, 9.17) is 0 Å². The van der Waals surface area contributed by atoms with Crippen LogP contribution < -0.4 is 10.6 Å². The molecule has 1 aliphatic heterocycles. The van der Waals surface area contributed by atoms with Crippen molar-refractivity contribution >= 4 is 17.3 Å². The highest BCUT2D eigenvalue weighted by molar-refractivity contribution is 6.15. The van der Waals surface area contributed by atoms with Crippen molar-refractivity contribution in [3.8, 4) is 11.4 Å². The van der Waals surface area contributed by atoms with Gasteiger partial charge in [0.05, 0.1) is 17.3 Å². The van der Waals surface area contributed by atoms with Gasteiger partial charge in [0.15, 0.2) is 0 Å². The summed E-state index contributed by atoms with van der Waals surface area (Å²) in [5.41, 5.74) is 8.00. The third-order valence-electron chi connectivity index (χ3n) is 7.66. The van der Waals surface area contributed by atoms with E-state index in [2.05, 4.69) is 10.2 Å². The number of anilines is 1. The summed E-state index contributed by atoms with van der Waals surface area (Å²) in [6, 6.07) is 18.4. The monoisotopic (exact) mass is 508 g/mol. The van der Waals surface area contributed by atoms with Crippen LogP contribution in [0.4, 0.5) is 5.69 Å². The Labute approximate surface area is 222 Å². The van der Waals surface area contributed by atoms with Crippen molar-refractivity contribution in [2.75, 3.05) is 5.01 Å². The molecule has 0 bridgehead atoms. The standard InChI is InChI=1S/C31H32N4O3/c1-17-10-12-24(14-19(17)3)34-30(37)27(21(5)32-34)29(23-8-7-9-26(36)16-23)28-22(6)33-35(31(28)38)25-13-11-18(2)20(4)15-25/h7-16,27,29,33,36H,1-6H3/t27-,29-/m0/s1. The van der Waals surface area contributed by atoms with Gasteiger partial charge in [0.2, 0.25) is 0 Å². The number of hydrogen-bond acceptors (Lipinski definition) is 4. The number of hydrogen-bond donors (Lipinski definition) is 2. The third-order valence-corrected chi connectivity index (χ3v) is 7.66. The van der Waals surface area contributed by atoms with Crippen LogP contribution in [-0.2, 0) is 4.79 Å². The van der Waals surface area contributed by atoms with E-state index in [0.29, 0.717) is 28.2 Å². The zero-order valence-electron chi connectivity index (χ0n) is 22.5. The lowest BCUT2D eigenvalue weighted by Crippen LogP contribution is -2.34. The number of H-pyrrole nitrogens is 1. The molecule has 2 heterocycles. The van der Waals surface area contributed by atoms with Crippen molar-refractivity contribution in [2.24, 2.45) is 11.0 Å². The number of nitrogens with zero attached hydrogens (tertiary/aromatic N) is 3. The second kappa shape index (κ2) is 9.49. The van der Waals surface area contributed by atoms with Gasteiger partial charge in [0.1, 0.15) is 5.75 Å². The maximum Gasteiger partial charge on any atom is 0.275 e. The third kappa shape index (κ3) is 4.24. The molecule has 2 N–H and O–H groups in total. The second-order valence-corrected chi connectivity index (χ2v) is 10.3. The van der Waals surface area contributed by atoms with E-state index < -0.39 is 11.8 Å². The van der Waals surface area contributed by atoms with Crippen LogP contribution >= 0.6 is 0 Å². The van der Waals surface area contributed by atoms with Gasteiger partial charge in [-0.05, 0) is 106 Å². The molecule has 0 fully saturated rings. The summed E-state index contributed by atoms with van der Waals surface area (Å²) >= 11 is 0. The number of aryl methyl sites for hydroxylation is 5. The van der Waals surface area contributed by atoms with Gasteiger partial charge in [-0.25, -0.2) is 9.69 Å². The summed E-state index contributed by atoms with van der Waals surface area (Å²) < 4.78 is 1.53. The number of nitrogens with one attached hydrogen (secondary N) is 1. The summed E-state index contributed by atoms with van der Waals surface area (Å²) in [5.74, 6) is -1.50. The van der Waals surface area contributed by atoms with Crippen molar-refractivity contribution in [1.82, 2.24) is 9.78 Å². The lowest BCUT2D eigenvalue weighted by Gasteiger charge is -2.23. The molecule has 0 radical (unpaired) electrons. The number of hydrazone groups is 1. The van der Waals surface area contributed by atoms with Gasteiger partial charge >= 0.3 is 0 Å². The topological polar surface area (TPSA) is 90.7 Å². The van der Waals surface area contributed by atoms with Crippen LogP contribution in [0.2, 0.25) is 0 Å². The smallest absolute Gasteiger partial charge is 0.275 e. The van der Waals surface area contributed by atoms with Crippen LogP contribution in [0.15, 0.2) is 70.6 Å². The Kier molecular flexibility index (Phi) is 6.31. The molecule has 3 aromatic carbocycles. The van der Waals surface area contributed by atoms with Crippen molar-refractivity contribution in [1.29, 1.82) is 0 Å². The second-order valence-electron chi connectivity index (χ2n) is 10.3. The van der Waals surface area contributed by atoms with Crippen molar-refractivity contribution in [2.45, 2.75) is 47.5 Å². The summed E-state index contributed by atoms with van der Waals surface area (Å²) in [6.45, 7) is 11.7. The van der Waals surface area contributed by atoms with Gasteiger partial charge in [-0.1, -0.05) is 24.3 Å². The number of phenols is 1. The molecule has 194 valence electrons. The first kappa shape index (κ1) is 25.3. The lowest BCUT2D eigenvalue weighted by atomic mass is 9.78. The van der Waals surface area contributed by atoms with Gasteiger partial charge in [-0.2, -0.15) is 5.10 Å². The molecule has 1 amide bonds. The fourth-order valence-electron chi connectivity index (χ4n) is 5.22. The molecule has 0 unspecified atom stereocenters. The minimum atomic E-state index is -0.714. The van der Waals surface area contributed by atoms with Crippen molar-refractivity contribution < 1.29 is 9.90 Å². The molecule has 4 aromatic rings. The maximum atomic E-state index is 14.0.